The van der Waals surface area contributed by atoms with Gasteiger partial charge in [-0.15, -0.1) is 13.2 Å². The Kier molecular flexibility index (Phi) is 12.7. The zero-order valence-electron chi connectivity index (χ0n) is 18.1. The predicted octanol–water partition coefficient (Wildman–Crippen LogP) is 7.28. The van der Waals surface area contributed by atoms with Gasteiger partial charge in [-0.2, -0.15) is 0 Å². The van der Waals surface area contributed by atoms with E-state index in [1.54, 1.807) is 0 Å². The molecule has 1 rings (SSSR count). The number of esters is 1. The van der Waals surface area contributed by atoms with Crippen LogP contribution >= 0.6 is 0 Å². The van der Waals surface area contributed by atoms with Gasteiger partial charge in [-0.25, -0.2) is 4.79 Å². The highest BCUT2D eigenvalue weighted by Crippen LogP contribution is 2.29. The van der Waals surface area contributed by atoms with E-state index < -0.39 is 35.4 Å². The molecule has 0 unspecified atom stereocenters. The molecule has 1 N–H and O–H groups in total. The number of ether oxygens (including phenoxy) is 2. The van der Waals surface area contributed by atoms with Crippen LogP contribution in [0.25, 0.3) is 0 Å². The molecule has 31 heavy (non-hydrogen) atoms. The maximum absolute atomic E-state index is 12.3. The summed E-state index contributed by atoms with van der Waals surface area (Å²) in [4.78, 5) is 23.2. The van der Waals surface area contributed by atoms with E-state index in [2.05, 4.69) is 11.7 Å². The average Bonchev–Trinajstić information content (AvgIpc) is 2.67. The summed E-state index contributed by atoms with van der Waals surface area (Å²) in [5.41, 5.74) is -0.405. The van der Waals surface area contributed by atoms with Crippen molar-refractivity contribution < 1.29 is 37.3 Å². The van der Waals surface area contributed by atoms with Crippen LogP contribution in [-0.4, -0.2) is 23.4 Å². The van der Waals surface area contributed by atoms with Gasteiger partial charge in [-0.1, -0.05) is 77.6 Å². The molecule has 0 atom stereocenters. The number of carboxylic acids is 1. The van der Waals surface area contributed by atoms with Gasteiger partial charge in [-0.05, 0) is 18.6 Å². The Balaban J connectivity index is 2.28. The maximum atomic E-state index is 12.3. The van der Waals surface area contributed by atoms with Crippen molar-refractivity contribution in [2.75, 3.05) is 0 Å². The van der Waals surface area contributed by atoms with Crippen LogP contribution in [-0.2, 0) is 4.79 Å². The Morgan fingerprint density at radius 2 is 1.39 bits per heavy atom. The normalized spacial score (nSPS) is 11.4. The van der Waals surface area contributed by atoms with Crippen LogP contribution in [0.1, 0.15) is 101 Å². The number of carbonyl (C=O) groups excluding carboxylic acids is 1. The van der Waals surface area contributed by atoms with E-state index in [4.69, 9.17) is 9.84 Å². The van der Waals surface area contributed by atoms with Crippen molar-refractivity contribution in [1.82, 2.24) is 0 Å². The van der Waals surface area contributed by atoms with Gasteiger partial charge < -0.3 is 14.6 Å². The van der Waals surface area contributed by atoms with Crippen LogP contribution in [0, 0.1) is 0 Å². The van der Waals surface area contributed by atoms with Gasteiger partial charge in [0.05, 0.1) is 0 Å². The molecule has 0 aliphatic heterocycles. The molecular formula is C23H33F3O5. The molecule has 0 fully saturated rings. The number of aromatic carboxylic acids is 1. The summed E-state index contributed by atoms with van der Waals surface area (Å²) >= 11 is 0. The monoisotopic (exact) mass is 446 g/mol. The third kappa shape index (κ3) is 12.9. The summed E-state index contributed by atoms with van der Waals surface area (Å²) in [5, 5.41) is 9.14. The largest absolute Gasteiger partial charge is 0.573 e. The molecule has 0 heterocycles. The van der Waals surface area contributed by atoms with Crippen molar-refractivity contribution in [2.45, 2.75) is 96.8 Å². The zero-order valence-corrected chi connectivity index (χ0v) is 18.1. The minimum absolute atomic E-state index is 0.0703. The smallest absolute Gasteiger partial charge is 0.478 e. The number of hydrogen-bond donors (Lipinski definition) is 1. The molecule has 176 valence electrons. The second-order valence-corrected chi connectivity index (χ2v) is 7.62. The second-order valence-electron chi connectivity index (χ2n) is 7.62. The topological polar surface area (TPSA) is 72.8 Å². The Labute approximate surface area is 181 Å². The Morgan fingerprint density at radius 3 is 1.87 bits per heavy atom. The molecule has 0 aromatic heterocycles. The van der Waals surface area contributed by atoms with Crippen LogP contribution in [0.4, 0.5) is 13.2 Å². The minimum Gasteiger partial charge on any atom is -0.478 e. The Morgan fingerprint density at radius 1 is 0.871 bits per heavy atom. The van der Waals surface area contributed by atoms with E-state index in [1.807, 2.05) is 0 Å². The fraction of sp³-hybridized carbons (Fsp3) is 0.652. The molecule has 0 radical (unpaired) electrons. The number of hydrogen-bond acceptors (Lipinski definition) is 4. The van der Waals surface area contributed by atoms with Crippen molar-refractivity contribution >= 4 is 11.9 Å². The molecule has 1 aromatic rings. The quantitative estimate of drug-likeness (QED) is 0.164. The van der Waals surface area contributed by atoms with Gasteiger partial charge >= 0.3 is 18.3 Å². The van der Waals surface area contributed by atoms with E-state index in [0.717, 1.165) is 37.5 Å². The number of unbranched alkanes of at least 4 members (excludes halogenated alkanes) is 11. The highest BCUT2D eigenvalue weighted by molar-refractivity contribution is 5.92. The number of carboxylic acid groups (broad SMARTS) is 1. The van der Waals surface area contributed by atoms with E-state index in [0.29, 0.717) is 6.42 Å². The second kappa shape index (κ2) is 14.7. The van der Waals surface area contributed by atoms with Crippen molar-refractivity contribution in [3.05, 3.63) is 23.8 Å². The fourth-order valence-corrected chi connectivity index (χ4v) is 3.24. The molecule has 0 aliphatic rings. The molecule has 0 aliphatic carbocycles. The number of halogens is 3. The summed E-state index contributed by atoms with van der Waals surface area (Å²) in [5.74, 6) is -3.20. The molecule has 0 bridgehead atoms. The van der Waals surface area contributed by atoms with Crippen LogP contribution in [0.3, 0.4) is 0 Å². The molecule has 0 amide bonds. The van der Waals surface area contributed by atoms with E-state index >= 15 is 0 Å². The first-order valence-electron chi connectivity index (χ1n) is 11.1. The number of carbonyl (C=O) groups is 2. The average molecular weight is 447 g/mol. The lowest BCUT2D eigenvalue weighted by Gasteiger charge is -2.12. The molecule has 1 aromatic carbocycles. The van der Waals surface area contributed by atoms with Gasteiger partial charge in [0.25, 0.3) is 0 Å². The lowest BCUT2D eigenvalue weighted by Crippen LogP contribution is -2.17. The summed E-state index contributed by atoms with van der Waals surface area (Å²) in [6, 6.07) is 2.53. The minimum atomic E-state index is -4.93. The van der Waals surface area contributed by atoms with Crippen LogP contribution < -0.4 is 9.47 Å². The van der Waals surface area contributed by atoms with Crippen LogP contribution in [0.5, 0.6) is 11.5 Å². The van der Waals surface area contributed by atoms with Gasteiger partial charge in [0.1, 0.15) is 17.1 Å². The van der Waals surface area contributed by atoms with E-state index in [-0.39, 0.29) is 6.42 Å². The third-order valence-corrected chi connectivity index (χ3v) is 4.88. The first-order valence-corrected chi connectivity index (χ1v) is 11.1. The molecule has 8 heteroatoms. The molecule has 0 spiro atoms. The van der Waals surface area contributed by atoms with Gasteiger partial charge in [-0.3, -0.25) is 4.79 Å². The number of rotatable bonds is 16. The van der Waals surface area contributed by atoms with Crippen molar-refractivity contribution in [2.24, 2.45) is 0 Å². The predicted molar refractivity (Wildman–Crippen MR) is 111 cm³/mol. The van der Waals surface area contributed by atoms with Gasteiger partial charge in [0.15, 0.2) is 0 Å². The van der Waals surface area contributed by atoms with Gasteiger partial charge in [0.2, 0.25) is 0 Å². The highest BCUT2D eigenvalue weighted by atomic mass is 19.4. The molecule has 5 nitrogen and oxygen atoms in total. The standard InChI is InChI=1S/C23H33F3O5/c1-2-3-4-5-6-7-8-9-10-11-12-13-14-21(27)30-20-17-18(31-23(24,25)26)15-16-19(20)22(28)29/h15-17H,2-14H2,1H3,(H,28,29). The summed E-state index contributed by atoms with van der Waals surface area (Å²) in [6.07, 6.45) is 8.81. The number of alkyl halides is 3. The van der Waals surface area contributed by atoms with Crippen LogP contribution in [0.2, 0.25) is 0 Å². The Bertz CT molecular complexity index is 674. The zero-order chi connectivity index (χ0) is 23.1. The molecule has 0 saturated heterocycles. The van der Waals surface area contributed by atoms with E-state index in [9.17, 15) is 22.8 Å². The molecule has 0 saturated carbocycles. The van der Waals surface area contributed by atoms with Crippen molar-refractivity contribution in [3.63, 3.8) is 0 Å². The Hall–Kier alpha value is -2.25. The number of benzene rings is 1. The first kappa shape index (κ1) is 26.8. The van der Waals surface area contributed by atoms with Crippen molar-refractivity contribution in [1.29, 1.82) is 0 Å². The van der Waals surface area contributed by atoms with Gasteiger partial charge in [0, 0.05) is 12.5 Å². The highest BCUT2D eigenvalue weighted by Gasteiger charge is 2.31. The van der Waals surface area contributed by atoms with Crippen molar-refractivity contribution in [3.8, 4) is 11.5 Å². The lowest BCUT2D eigenvalue weighted by atomic mass is 10.0. The van der Waals surface area contributed by atoms with E-state index in [1.165, 1.54) is 51.4 Å². The SMILES string of the molecule is CCCCCCCCCCCCCCC(=O)Oc1cc(OC(F)(F)F)ccc1C(=O)O. The summed E-state index contributed by atoms with van der Waals surface area (Å²) in [7, 11) is 0. The third-order valence-electron chi connectivity index (χ3n) is 4.88. The van der Waals surface area contributed by atoms with Crippen LogP contribution in [0.15, 0.2) is 18.2 Å². The summed E-state index contributed by atoms with van der Waals surface area (Å²) in [6.45, 7) is 2.21. The summed E-state index contributed by atoms with van der Waals surface area (Å²) < 4.78 is 45.8. The first-order chi connectivity index (χ1) is 14.7. The molecular weight excluding hydrogens is 413 g/mol. The maximum Gasteiger partial charge on any atom is 0.573 e. The lowest BCUT2D eigenvalue weighted by molar-refractivity contribution is -0.274. The fourth-order valence-electron chi connectivity index (χ4n) is 3.24.